The van der Waals surface area contributed by atoms with Crippen LogP contribution in [0.4, 0.5) is 5.69 Å². The van der Waals surface area contributed by atoms with E-state index in [2.05, 4.69) is 4.74 Å². The highest BCUT2D eigenvalue weighted by atomic mass is 16.5. The van der Waals surface area contributed by atoms with E-state index in [1.807, 2.05) is 30.3 Å². The van der Waals surface area contributed by atoms with Crippen molar-refractivity contribution in [2.75, 3.05) is 19.1 Å². The summed E-state index contributed by atoms with van der Waals surface area (Å²) in [5.41, 5.74) is 0.766. The Balaban J connectivity index is 2.69. The summed E-state index contributed by atoms with van der Waals surface area (Å²) in [4.78, 5) is 23.8. The number of hydrogen-bond acceptors (Lipinski definition) is 3. The first-order valence-corrected chi connectivity index (χ1v) is 4.74. The van der Waals surface area contributed by atoms with Crippen molar-refractivity contribution in [2.24, 2.45) is 0 Å². The largest absolute Gasteiger partial charge is 0.466 e. The van der Waals surface area contributed by atoms with Crippen LogP contribution < -0.4 is 4.90 Å². The third-order valence-electron chi connectivity index (χ3n) is 2.04. The second-order valence-corrected chi connectivity index (χ2v) is 3.09. The van der Waals surface area contributed by atoms with Gasteiger partial charge in [0.15, 0.2) is 0 Å². The lowest BCUT2D eigenvalue weighted by atomic mass is 10.3. The molecule has 0 aliphatic carbocycles. The molecule has 0 saturated carbocycles. The molecule has 0 aliphatic rings. The molecule has 0 fully saturated rings. The van der Waals surface area contributed by atoms with E-state index >= 15 is 0 Å². The van der Waals surface area contributed by atoms with Gasteiger partial charge in [-0.05, 0) is 12.1 Å². The number of methoxy groups -OCH3 is 1. The molecule has 1 rings (SSSR count). The highest BCUT2D eigenvalue weighted by molar-refractivity contribution is 6.03. The van der Waals surface area contributed by atoms with Crippen LogP contribution in [0.25, 0.3) is 0 Å². The van der Waals surface area contributed by atoms with Crippen molar-refractivity contribution in [1.82, 2.24) is 0 Å². The van der Waals surface area contributed by atoms with Crippen molar-refractivity contribution in [3.05, 3.63) is 42.5 Å². The Hall–Kier alpha value is -2.10. The summed E-state index contributed by atoms with van der Waals surface area (Å²) in [6.45, 7) is 0. The Kier molecular flexibility index (Phi) is 4.27. The number of para-hydroxylation sites is 1. The second kappa shape index (κ2) is 5.70. The van der Waals surface area contributed by atoms with Crippen molar-refractivity contribution < 1.29 is 14.3 Å². The molecule has 0 spiro atoms. The number of hydrogen-bond donors (Lipinski definition) is 0. The highest BCUT2D eigenvalue weighted by Crippen LogP contribution is 2.11. The minimum absolute atomic E-state index is 0.281. The summed E-state index contributed by atoms with van der Waals surface area (Å²) in [7, 11) is 2.90. The average molecular weight is 219 g/mol. The van der Waals surface area contributed by atoms with E-state index in [0.29, 0.717) is 0 Å². The minimum Gasteiger partial charge on any atom is -0.466 e. The van der Waals surface area contributed by atoms with Crippen LogP contribution in [0.1, 0.15) is 0 Å². The van der Waals surface area contributed by atoms with Gasteiger partial charge >= 0.3 is 5.97 Å². The summed E-state index contributed by atoms with van der Waals surface area (Å²) >= 11 is 0. The summed E-state index contributed by atoms with van der Waals surface area (Å²) in [6.07, 6.45) is 2.28. The molecule has 84 valence electrons. The fourth-order valence-electron chi connectivity index (χ4n) is 1.10. The predicted molar refractivity (Wildman–Crippen MR) is 61.0 cm³/mol. The Bertz CT molecular complexity index is 398. The third kappa shape index (κ3) is 3.24. The minimum atomic E-state index is -0.546. The lowest BCUT2D eigenvalue weighted by Gasteiger charge is -2.14. The van der Waals surface area contributed by atoms with Gasteiger partial charge < -0.3 is 9.64 Å². The van der Waals surface area contributed by atoms with Crippen LogP contribution in [-0.4, -0.2) is 26.0 Å². The molecule has 1 aromatic rings. The summed E-state index contributed by atoms with van der Waals surface area (Å²) in [6, 6.07) is 9.16. The zero-order chi connectivity index (χ0) is 12.0. The van der Waals surface area contributed by atoms with Gasteiger partial charge in [0.25, 0.3) is 5.91 Å². The number of benzene rings is 1. The molecule has 4 nitrogen and oxygen atoms in total. The molecule has 1 amide bonds. The monoisotopic (exact) mass is 219 g/mol. The number of nitrogens with zero attached hydrogens (tertiary/aromatic N) is 1. The second-order valence-electron chi connectivity index (χ2n) is 3.09. The van der Waals surface area contributed by atoms with Gasteiger partial charge in [-0.25, -0.2) is 4.79 Å². The maximum absolute atomic E-state index is 11.6. The van der Waals surface area contributed by atoms with E-state index in [1.165, 1.54) is 18.1 Å². The van der Waals surface area contributed by atoms with Crippen LogP contribution in [0.3, 0.4) is 0 Å². The molecule has 0 bridgehead atoms. The van der Waals surface area contributed by atoms with Gasteiger partial charge in [0, 0.05) is 24.9 Å². The van der Waals surface area contributed by atoms with Crippen LogP contribution >= 0.6 is 0 Å². The Morgan fingerprint density at radius 2 is 1.81 bits per heavy atom. The lowest BCUT2D eigenvalue weighted by molar-refractivity contribution is -0.135. The van der Waals surface area contributed by atoms with Crippen molar-refractivity contribution in [2.45, 2.75) is 0 Å². The van der Waals surface area contributed by atoms with Crippen LogP contribution in [-0.2, 0) is 14.3 Å². The average Bonchev–Trinajstić information content (AvgIpc) is 2.35. The highest BCUT2D eigenvalue weighted by Gasteiger charge is 2.07. The van der Waals surface area contributed by atoms with Gasteiger partial charge in [-0.1, -0.05) is 18.2 Å². The number of anilines is 1. The lowest BCUT2D eigenvalue weighted by Crippen LogP contribution is -2.24. The van der Waals surface area contributed by atoms with Crippen molar-refractivity contribution in [3.63, 3.8) is 0 Å². The topological polar surface area (TPSA) is 46.6 Å². The van der Waals surface area contributed by atoms with Crippen LogP contribution in [0.5, 0.6) is 0 Å². The molecule has 0 aromatic heterocycles. The molecule has 1 aromatic carbocycles. The zero-order valence-electron chi connectivity index (χ0n) is 9.21. The smallest absolute Gasteiger partial charge is 0.330 e. The number of esters is 1. The normalized spacial score (nSPS) is 10.1. The number of carbonyl (C=O) groups is 2. The molecule has 0 saturated heterocycles. The molecular weight excluding hydrogens is 206 g/mol. The molecule has 0 N–H and O–H groups in total. The van der Waals surface area contributed by atoms with Crippen LogP contribution in [0.15, 0.2) is 42.5 Å². The Morgan fingerprint density at radius 3 is 2.38 bits per heavy atom. The Labute approximate surface area is 94.1 Å². The van der Waals surface area contributed by atoms with Crippen molar-refractivity contribution in [3.8, 4) is 0 Å². The SMILES string of the molecule is COC(=O)/C=C\C(=O)N(C)c1ccccc1. The maximum atomic E-state index is 11.6. The van der Waals surface area contributed by atoms with Gasteiger partial charge in [-0.3, -0.25) is 4.79 Å². The first-order chi connectivity index (χ1) is 7.65. The van der Waals surface area contributed by atoms with Gasteiger partial charge in [-0.2, -0.15) is 0 Å². The number of carbonyl (C=O) groups excluding carboxylic acids is 2. The summed E-state index contributed by atoms with van der Waals surface area (Å²) in [5, 5.41) is 0. The quantitative estimate of drug-likeness (QED) is 0.570. The predicted octanol–water partition coefficient (Wildman–Crippen LogP) is 1.38. The maximum Gasteiger partial charge on any atom is 0.330 e. The van der Waals surface area contributed by atoms with Crippen LogP contribution in [0, 0.1) is 0 Å². The molecule has 0 radical (unpaired) electrons. The van der Waals surface area contributed by atoms with E-state index in [4.69, 9.17) is 0 Å². The molecule has 0 heterocycles. The number of amides is 1. The number of rotatable bonds is 3. The van der Waals surface area contributed by atoms with Crippen molar-refractivity contribution in [1.29, 1.82) is 0 Å². The molecule has 0 atom stereocenters. The van der Waals surface area contributed by atoms with E-state index in [-0.39, 0.29) is 5.91 Å². The molecule has 4 heteroatoms. The number of likely N-dealkylation sites (N-methyl/N-ethyl adjacent to an activating group) is 1. The molecular formula is C12H13NO3. The molecule has 0 unspecified atom stereocenters. The van der Waals surface area contributed by atoms with E-state index in [1.54, 1.807) is 7.05 Å². The fourth-order valence-corrected chi connectivity index (χ4v) is 1.10. The van der Waals surface area contributed by atoms with Gasteiger partial charge in [0.05, 0.1) is 7.11 Å². The van der Waals surface area contributed by atoms with Gasteiger partial charge in [0.2, 0.25) is 0 Å². The molecule has 0 aliphatic heterocycles. The third-order valence-corrected chi connectivity index (χ3v) is 2.04. The van der Waals surface area contributed by atoms with E-state index in [0.717, 1.165) is 11.8 Å². The standard InChI is InChI=1S/C12H13NO3/c1-13(10-6-4-3-5-7-10)11(14)8-9-12(15)16-2/h3-9H,1-2H3/b9-8-. The van der Waals surface area contributed by atoms with Crippen molar-refractivity contribution >= 4 is 17.6 Å². The van der Waals surface area contributed by atoms with E-state index in [9.17, 15) is 9.59 Å². The van der Waals surface area contributed by atoms with Gasteiger partial charge in [-0.15, -0.1) is 0 Å². The number of ether oxygens (including phenoxy) is 1. The zero-order valence-corrected chi connectivity index (χ0v) is 9.21. The molecule has 16 heavy (non-hydrogen) atoms. The first-order valence-electron chi connectivity index (χ1n) is 4.74. The van der Waals surface area contributed by atoms with E-state index < -0.39 is 5.97 Å². The van der Waals surface area contributed by atoms with Crippen LogP contribution in [0.2, 0.25) is 0 Å². The fraction of sp³-hybridized carbons (Fsp3) is 0.167. The summed E-state index contributed by atoms with van der Waals surface area (Å²) in [5.74, 6) is -0.827. The Morgan fingerprint density at radius 1 is 1.19 bits per heavy atom. The summed E-state index contributed by atoms with van der Waals surface area (Å²) < 4.78 is 4.39. The van der Waals surface area contributed by atoms with Gasteiger partial charge in [0.1, 0.15) is 0 Å². The first kappa shape index (κ1) is 12.0.